The Labute approximate surface area is 106 Å². The van der Waals surface area contributed by atoms with E-state index in [4.69, 9.17) is 9.84 Å². The number of esters is 1. The van der Waals surface area contributed by atoms with Gasteiger partial charge in [-0.05, 0) is 20.3 Å². The topological polar surface area (TPSA) is 81.4 Å². The highest BCUT2D eigenvalue weighted by Gasteiger charge is 2.19. The molecule has 0 aliphatic rings. The predicted octanol–water partition coefficient (Wildman–Crippen LogP) is 1.54. The zero-order valence-corrected chi connectivity index (χ0v) is 10.9. The van der Waals surface area contributed by atoms with Crippen molar-refractivity contribution >= 4 is 11.9 Å². The summed E-state index contributed by atoms with van der Waals surface area (Å²) >= 11 is 0. The van der Waals surface area contributed by atoms with Crippen LogP contribution >= 0.6 is 0 Å². The third-order valence-corrected chi connectivity index (χ3v) is 2.64. The van der Waals surface area contributed by atoms with Crippen LogP contribution < -0.4 is 0 Å². The molecule has 0 spiro atoms. The summed E-state index contributed by atoms with van der Waals surface area (Å²) in [5.41, 5.74) is 1.02. The number of carboxylic acids is 1. The van der Waals surface area contributed by atoms with Crippen LogP contribution in [-0.4, -0.2) is 33.4 Å². The number of rotatable bonds is 6. The van der Waals surface area contributed by atoms with Gasteiger partial charge < -0.3 is 9.84 Å². The van der Waals surface area contributed by atoms with Crippen LogP contribution in [0.25, 0.3) is 0 Å². The van der Waals surface area contributed by atoms with Crippen molar-refractivity contribution in [1.29, 1.82) is 0 Å². The smallest absolute Gasteiger partial charge is 0.339 e. The standard InChI is InChI=1S/C12H18N2O4/c1-4-5-6-18-10(15)7-14-9(3)11(12(16)17)8(2)13-14/h4-7H2,1-3H3,(H,16,17). The summed E-state index contributed by atoms with van der Waals surface area (Å²) in [5.74, 6) is -1.43. The van der Waals surface area contributed by atoms with Crippen molar-refractivity contribution in [2.24, 2.45) is 0 Å². The first-order valence-corrected chi connectivity index (χ1v) is 5.90. The molecule has 0 aromatic carbocycles. The molecule has 1 heterocycles. The van der Waals surface area contributed by atoms with Crippen molar-refractivity contribution in [3.63, 3.8) is 0 Å². The van der Waals surface area contributed by atoms with Gasteiger partial charge in [-0.1, -0.05) is 13.3 Å². The number of carboxylic acid groups (broad SMARTS) is 1. The Balaban J connectivity index is 2.71. The van der Waals surface area contributed by atoms with Crippen molar-refractivity contribution in [1.82, 2.24) is 9.78 Å². The number of unbranched alkanes of at least 4 members (excludes halogenated alkanes) is 1. The van der Waals surface area contributed by atoms with Gasteiger partial charge in [-0.15, -0.1) is 0 Å². The first kappa shape index (κ1) is 14.2. The normalized spacial score (nSPS) is 10.4. The molecule has 0 amide bonds. The van der Waals surface area contributed by atoms with E-state index in [0.717, 1.165) is 12.8 Å². The molecular weight excluding hydrogens is 236 g/mol. The molecule has 1 rings (SSSR count). The van der Waals surface area contributed by atoms with Gasteiger partial charge in [0, 0.05) is 0 Å². The van der Waals surface area contributed by atoms with Gasteiger partial charge in [-0.2, -0.15) is 5.10 Å². The molecule has 0 saturated carbocycles. The van der Waals surface area contributed by atoms with Crippen LogP contribution in [0.5, 0.6) is 0 Å². The van der Waals surface area contributed by atoms with Crippen molar-refractivity contribution in [3.05, 3.63) is 17.0 Å². The van der Waals surface area contributed by atoms with Crippen molar-refractivity contribution in [2.75, 3.05) is 6.61 Å². The summed E-state index contributed by atoms with van der Waals surface area (Å²) in [5, 5.41) is 13.0. The van der Waals surface area contributed by atoms with Crippen LogP contribution in [-0.2, 0) is 16.1 Å². The Hall–Kier alpha value is -1.85. The van der Waals surface area contributed by atoms with Crippen LogP contribution in [0.1, 0.15) is 41.5 Å². The van der Waals surface area contributed by atoms with Crippen LogP contribution in [0.3, 0.4) is 0 Å². The van der Waals surface area contributed by atoms with Crippen LogP contribution in [0, 0.1) is 13.8 Å². The molecule has 100 valence electrons. The van der Waals surface area contributed by atoms with E-state index in [2.05, 4.69) is 5.10 Å². The molecule has 0 unspecified atom stereocenters. The largest absolute Gasteiger partial charge is 0.478 e. The Morgan fingerprint density at radius 2 is 2.06 bits per heavy atom. The van der Waals surface area contributed by atoms with Crippen molar-refractivity contribution < 1.29 is 19.4 Å². The van der Waals surface area contributed by atoms with E-state index in [1.165, 1.54) is 4.68 Å². The number of aromatic nitrogens is 2. The number of nitrogens with zero attached hydrogens (tertiary/aromatic N) is 2. The highest BCUT2D eigenvalue weighted by atomic mass is 16.5. The van der Waals surface area contributed by atoms with E-state index < -0.39 is 11.9 Å². The highest BCUT2D eigenvalue weighted by molar-refractivity contribution is 5.90. The summed E-state index contributed by atoms with van der Waals surface area (Å²) in [6.07, 6.45) is 1.78. The lowest BCUT2D eigenvalue weighted by Gasteiger charge is -2.05. The van der Waals surface area contributed by atoms with Gasteiger partial charge in [-0.3, -0.25) is 9.48 Å². The quantitative estimate of drug-likeness (QED) is 0.615. The lowest BCUT2D eigenvalue weighted by Crippen LogP contribution is -2.16. The minimum atomic E-state index is -1.03. The van der Waals surface area contributed by atoms with Gasteiger partial charge in [0.15, 0.2) is 0 Å². The second-order valence-electron chi connectivity index (χ2n) is 4.08. The maximum atomic E-state index is 11.5. The van der Waals surface area contributed by atoms with Crippen molar-refractivity contribution in [3.8, 4) is 0 Å². The average Bonchev–Trinajstić information content (AvgIpc) is 2.54. The van der Waals surface area contributed by atoms with Crippen LogP contribution in [0.4, 0.5) is 0 Å². The maximum Gasteiger partial charge on any atom is 0.339 e. The fourth-order valence-electron chi connectivity index (χ4n) is 1.66. The van der Waals surface area contributed by atoms with Gasteiger partial charge in [0.05, 0.1) is 18.0 Å². The first-order chi connectivity index (χ1) is 8.47. The number of carbonyl (C=O) groups is 2. The Morgan fingerprint density at radius 3 is 2.56 bits per heavy atom. The number of carbonyl (C=O) groups excluding carboxylic acids is 1. The summed E-state index contributed by atoms with van der Waals surface area (Å²) in [7, 11) is 0. The van der Waals surface area contributed by atoms with E-state index >= 15 is 0 Å². The highest BCUT2D eigenvalue weighted by Crippen LogP contribution is 2.12. The van der Waals surface area contributed by atoms with E-state index in [-0.39, 0.29) is 12.1 Å². The molecule has 0 saturated heterocycles. The number of ether oxygens (including phenoxy) is 1. The number of hydrogen-bond acceptors (Lipinski definition) is 4. The lowest BCUT2D eigenvalue weighted by molar-refractivity contribution is -0.144. The molecule has 0 atom stereocenters. The van der Waals surface area contributed by atoms with Crippen LogP contribution in [0.2, 0.25) is 0 Å². The predicted molar refractivity (Wildman–Crippen MR) is 64.5 cm³/mol. The van der Waals surface area contributed by atoms with E-state index in [9.17, 15) is 9.59 Å². The van der Waals surface area contributed by atoms with Crippen molar-refractivity contribution in [2.45, 2.75) is 40.2 Å². The summed E-state index contributed by atoms with van der Waals surface area (Å²) in [4.78, 5) is 22.5. The van der Waals surface area contributed by atoms with Gasteiger partial charge in [0.25, 0.3) is 0 Å². The molecule has 0 fully saturated rings. The first-order valence-electron chi connectivity index (χ1n) is 5.90. The summed E-state index contributed by atoms with van der Waals surface area (Å²) in [6.45, 7) is 5.58. The minimum absolute atomic E-state index is 0.0519. The average molecular weight is 254 g/mol. The summed E-state index contributed by atoms with van der Waals surface area (Å²) < 4.78 is 6.37. The van der Waals surface area contributed by atoms with E-state index in [1.54, 1.807) is 13.8 Å². The second-order valence-corrected chi connectivity index (χ2v) is 4.08. The molecule has 6 nitrogen and oxygen atoms in total. The van der Waals surface area contributed by atoms with E-state index in [0.29, 0.717) is 18.0 Å². The second kappa shape index (κ2) is 6.18. The molecule has 0 aliphatic heterocycles. The molecule has 6 heteroatoms. The summed E-state index contributed by atoms with van der Waals surface area (Å²) in [6, 6.07) is 0. The zero-order valence-electron chi connectivity index (χ0n) is 10.9. The monoisotopic (exact) mass is 254 g/mol. The molecule has 18 heavy (non-hydrogen) atoms. The van der Waals surface area contributed by atoms with Gasteiger partial charge in [0.2, 0.25) is 0 Å². The third kappa shape index (κ3) is 3.32. The maximum absolute atomic E-state index is 11.5. The Morgan fingerprint density at radius 1 is 1.39 bits per heavy atom. The van der Waals surface area contributed by atoms with Gasteiger partial charge in [0.1, 0.15) is 12.1 Å². The molecule has 1 aromatic rings. The SMILES string of the molecule is CCCCOC(=O)Cn1nc(C)c(C(=O)O)c1C. The van der Waals surface area contributed by atoms with Crippen LogP contribution in [0.15, 0.2) is 0 Å². The fraction of sp³-hybridized carbons (Fsp3) is 0.583. The molecule has 1 aromatic heterocycles. The number of aromatic carboxylic acids is 1. The fourth-order valence-corrected chi connectivity index (χ4v) is 1.66. The molecule has 0 radical (unpaired) electrons. The number of aryl methyl sites for hydroxylation is 1. The van der Waals surface area contributed by atoms with Gasteiger partial charge >= 0.3 is 11.9 Å². The zero-order chi connectivity index (χ0) is 13.7. The molecule has 0 aliphatic carbocycles. The molecule has 0 bridgehead atoms. The van der Waals surface area contributed by atoms with E-state index in [1.807, 2.05) is 6.92 Å². The molecular formula is C12H18N2O4. The minimum Gasteiger partial charge on any atom is -0.478 e. The molecule has 1 N–H and O–H groups in total. The Kier molecular flexibility index (Phi) is 4.88. The Bertz CT molecular complexity index is 451. The van der Waals surface area contributed by atoms with Gasteiger partial charge in [-0.25, -0.2) is 4.79 Å². The lowest BCUT2D eigenvalue weighted by atomic mass is 10.2. The number of hydrogen-bond donors (Lipinski definition) is 1. The third-order valence-electron chi connectivity index (χ3n) is 2.64.